The van der Waals surface area contributed by atoms with Gasteiger partial charge in [-0.05, 0) is 24.1 Å². The molecule has 0 atom stereocenters. The van der Waals surface area contributed by atoms with Gasteiger partial charge in [-0.1, -0.05) is 37.6 Å². The van der Waals surface area contributed by atoms with Crippen LogP contribution in [0.5, 0.6) is 0 Å². The quantitative estimate of drug-likeness (QED) is 0.796. The molecule has 0 amide bonds. The molecule has 0 spiro atoms. The van der Waals surface area contributed by atoms with Gasteiger partial charge in [-0.25, -0.2) is 0 Å². The summed E-state index contributed by atoms with van der Waals surface area (Å²) in [5, 5.41) is 8.70. The maximum absolute atomic E-state index is 8.70. The van der Waals surface area contributed by atoms with Crippen LogP contribution in [0.1, 0.15) is 24.5 Å². The lowest BCUT2D eigenvalue weighted by Gasteiger charge is -2.03. The number of hydrogen-bond acceptors (Lipinski definition) is 2. The first kappa shape index (κ1) is 11.3. The average Bonchev–Trinajstić information content (AvgIpc) is 2.40. The van der Waals surface area contributed by atoms with Crippen molar-refractivity contribution in [1.29, 1.82) is 5.26 Å². The third-order valence-corrected chi connectivity index (χ3v) is 2.68. The number of rotatable bonds is 3. The average molecular weight is 222 g/mol. The van der Waals surface area contributed by atoms with Gasteiger partial charge in [0.1, 0.15) is 6.07 Å². The van der Waals surface area contributed by atoms with Gasteiger partial charge >= 0.3 is 0 Å². The minimum absolute atomic E-state index is 0.594. The zero-order valence-corrected chi connectivity index (χ0v) is 9.85. The topological polar surface area (TPSA) is 36.7 Å². The van der Waals surface area contributed by atoms with Crippen molar-refractivity contribution >= 4 is 0 Å². The summed E-state index contributed by atoms with van der Waals surface area (Å²) in [5.74, 6) is 0. The summed E-state index contributed by atoms with van der Waals surface area (Å²) >= 11 is 0. The Morgan fingerprint density at radius 2 is 1.88 bits per heavy atom. The molecule has 0 aliphatic rings. The highest BCUT2D eigenvalue weighted by Gasteiger charge is 1.99. The molecule has 0 N–H and O–H groups in total. The molecule has 0 unspecified atom stereocenters. The maximum atomic E-state index is 8.70. The normalized spacial score (nSPS) is 9.88. The van der Waals surface area contributed by atoms with E-state index < -0.39 is 0 Å². The van der Waals surface area contributed by atoms with Crippen LogP contribution in [0.4, 0.5) is 0 Å². The minimum atomic E-state index is 0.594. The van der Waals surface area contributed by atoms with Gasteiger partial charge in [0.05, 0.1) is 11.3 Å². The van der Waals surface area contributed by atoms with Crippen LogP contribution < -0.4 is 0 Å². The molecular weight excluding hydrogens is 208 g/mol. The van der Waals surface area contributed by atoms with Crippen LogP contribution in [0.2, 0.25) is 0 Å². The second-order valence-corrected chi connectivity index (χ2v) is 3.99. The molecule has 0 fully saturated rings. The highest BCUT2D eigenvalue weighted by molar-refractivity contribution is 5.59. The molecule has 2 heteroatoms. The van der Waals surface area contributed by atoms with E-state index >= 15 is 0 Å². The van der Waals surface area contributed by atoms with E-state index in [9.17, 15) is 0 Å². The molecule has 1 heterocycles. The van der Waals surface area contributed by atoms with Crippen molar-refractivity contribution in [2.24, 2.45) is 0 Å². The fraction of sp³-hybridized carbons (Fsp3) is 0.200. The van der Waals surface area contributed by atoms with Gasteiger partial charge in [0.15, 0.2) is 0 Å². The summed E-state index contributed by atoms with van der Waals surface area (Å²) in [6.07, 6.45) is 3.88. The van der Waals surface area contributed by atoms with E-state index in [-0.39, 0.29) is 0 Å². The molecule has 0 saturated heterocycles. The Balaban J connectivity index is 2.24. The predicted octanol–water partition coefficient (Wildman–Crippen LogP) is 3.57. The zero-order chi connectivity index (χ0) is 12.1. The van der Waals surface area contributed by atoms with E-state index in [1.54, 1.807) is 12.3 Å². The van der Waals surface area contributed by atoms with E-state index in [1.165, 1.54) is 5.56 Å². The van der Waals surface area contributed by atoms with E-state index in [1.807, 2.05) is 6.07 Å². The van der Waals surface area contributed by atoms with E-state index in [0.717, 1.165) is 24.1 Å². The second-order valence-electron chi connectivity index (χ2n) is 3.99. The number of nitrogens with zero attached hydrogens (tertiary/aromatic N) is 2. The lowest BCUT2D eigenvalue weighted by atomic mass is 10.1. The first-order chi connectivity index (χ1) is 8.33. The molecule has 0 aliphatic carbocycles. The highest BCUT2D eigenvalue weighted by Crippen LogP contribution is 2.18. The Morgan fingerprint density at radius 3 is 2.41 bits per heavy atom. The van der Waals surface area contributed by atoms with Crippen LogP contribution in [-0.4, -0.2) is 4.98 Å². The molecule has 17 heavy (non-hydrogen) atoms. The Hall–Kier alpha value is -2.14. The standard InChI is InChI=1S/C15H14N2/c1-2-3-12-4-7-14(8-5-12)15-9-6-13(10-16)11-17-15/h4-9,11H,2-3H2,1H3. The molecule has 84 valence electrons. The van der Waals surface area contributed by atoms with Gasteiger partial charge < -0.3 is 0 Å². The molecule has 0 aliphatic heterocycles. The fourth-order valence-corrected chi connectivity index (χ4v) is 1.76. The molecule has 1 aromatic heterocycles. The summed E-state index contributed by atoms with van der Waals surface area (Å²) in [6.45, 7) is 2.18. The smallest absolute Gasteiger partial charge is 0.101 e. The summed E-state index contributed by atoms with van der Waals surface area (Å²) in [5.41, 5.74) is 3.95. The van der Waals surface area contributed by atoms with Crippen molar-refractivity contribution < 1.29 is 0 Å². The van der Waals surface area contributed by atoms with Gasteiger partial charge in [0, 0.05) is 11.8 Å². The van der Waals surface area contributed by atoms with Gasteiger partial charge in [-0.2, -0.15) is 5.26 Å². The summed E-state index contributed by atoms with van der Waals surface area (Å²) < 4.78 is 0. The number of nitriles is 1. The van der Waals surface area contributed by atoms with Crippen LogP contribution >= 0.6 is 0 Å². The van der Waals surface area contributed by atoms with Gasteiger partial charge in [0.2, 0.25) is 0 Å². The van der Waals surface area contributed by atoms with Crippen LogP contribution in [0.3, 0.4) is 0 Å². The van der Waals surface area contributed by atoms with Gasteiger partial charge in [0.25, 0.3) is 0 Å². The summed E-state index contributed by atoms with van der Waals surface area (Å²) in [6, 6.07) is 14.2. The Kier molecular flexibility index (Phi) is 3.52. The second kappa shape index (κ2) is 5.27. The monoisotopic (exact) mass is 222 g/mol. The Morgan fingerprint density at radius 1 is 1.12 bits per heavy atom. The molecule has 2 aromatic rings. The first-order valence-corrected chi connectivity index (χ1v) is 5.79. The third kappa shape index (κ3) is 2.70. The number of aromatic nitrogens is 1. The van der Waals surface area contributed by atoms with E-state index in [4.69, 9.17) is 5.26 Å². The molecule has 2 nitrogen and oxygen atoms in total. The van der Waals surface area contributed by atoms with Crippen LogP contribution in [0.15, 0.2) is 42.6 Å². The zero-order valence-electron chi connectivity index (χ0n) is 9.85. The summed E-state index contributed by atoms with van der Waals surface area (Å²) in [4.78, 5) is 4.27. The number of hydrogen-bond donors (Lipinski definition) is 0. The predicted molar refractivity (Wildman–Crippen MR) is 68.4 cm³/mol. The third-order valence-electron chi connectivity index (χ3n) is 2.68. The highest BCUT2D eigenvalue weighted by atomic mass is 14.7. The van der Waals surface area contributed by atoms with Crippen molar-refractivity contribution in [3.05, 3.63) is 53.7 Å². The van der Waals surface area contributed by atoms with Crippen LogP contribution in [0, 0.1) is 11.3 Å². The molecular formula is C15H14N2. The Bertz CT molecular complexity index is 518. The van der Waals surface area contributed by atoms with E-state index in [0.29, 0.717) is 5.56 Å². The van der Waals surface area contributed by atoms with Gasteiger partial charge in [-0.15, -0.1) is 0 Å². The fourth-order valence-electron chi connectivity index (χ4n) is 1.76. The number of aryl methyl sites for hydroxylation is 1. The summed E-state index contributed by atoms with van der Waals surface area (Å²) in [7, 11) is 0. The van der Waals surface area contributed by atoms with Crippen molar-refractivity contribution in [3.8, 4) is 17.3 Å². The number of pyridine rings is 1. The van der Waals surface area contributed by atoms with Crippen molar-refractivity contribution in [2.45, 2.75) is 19.8 Å². The lowest BCUT2D eigenvalue weighted by Crippen LogP contribution is -1.86. The molecule has 0 bridgehead atoms. The molecule has 0 radical (unpaired) electrons. The largest absolute Gasteiger partial charge is 0.255 e. The maximum Gasteiger partial charge on any atom is 0.101 e. The van der Waals surface area contributed by atoms with Gasteiger partial charge in [-0.3, -0.25) is 4.98 Å². The minimum Gasteiger partial charge on any atom is -0.255 e. The SMILES string of the molecule is CCCc1ccc(-c2ccc(C#N)cn2)cc1. The van der Waals surface area contributed by atoms with Crippen LogP contribution in [0.25, 0.3) is 11.3 Å². The van der Waals surface area contributed by atoms with Crippen molar-refractivity contribution in [3.63, 3.8) is 0 Å². The molecule has 0 saturated carbocycles. The van der Waals surface area contributed by atoms with Crippen LogP contribution in [-0.2, 0) is 6.42 Å². The lowest BCUT2D eigenvalue weighted by molar-refractivity contribution is 0.922. The van der Waals surface area contributed by atoms with Crippen molar-refractivity contribution in [2.75, 3.05) is 0 Å². The molecule has 2 rings (SSSR count). The first-order valence-electron chi connectivity index (χ1n) is 5.79. The Labute approximate surface area is 102 Å². The molecule has 1 aromatic carbocycles. The van der Waals surface area contributed by atoms with E-state index in [2.05, 4.69) is 42.2 Å². The number of benzene rings is 1. The van der Waals surface area contributed by atoms with Crippen molar-refractivity contribution in [1.82, 2.24) is 4.98 Å².